The zero-order valence-electron chi connectivity index (χ0n) is 10.9. The number of rotatable bonds is 2. The number of allylic oxidation sites excluding steroid dienone is 2. The van der Waals surface area contributed by atoms with Crippen LogP contribution < -0.4 is 0 Å². The second-order valence-electron chi connectivity index (χ2n) is 5.02. The van der Waals surface area contributed by atoms with Gasteiger partial charge in [0.05, 0.1) is 6.61 Å². The van der Waals surface area contributed by atoms with E-state index in [0.717, 1.165) is 12.8 Å². The van der Waals surface area contributed by atoms with Crippen molar-refractivity contribution in [2.45, 2.75) is 32.6 Å². The molecule has 0 amide bonds. The quantitative estimate of drug-likeness (QED) is 0.607. The molecule has 19 heavy (non-hydrogen) atoms. The van der Waals surface area contributed by atoms with Crippen molar-refractivity contribution < 1.29 is 19.4 Å². The molecule has 102 valence electrons. The van der Waals surface area contributed by atoms with Crippen LogP contribution in [0, 0.1) is 29.1 Å². The van der Waals surface area contributed by atoms with E-state index in [9.17, 15) is 14.7 Å². The molecule has 0 unspecified atom stereocenters. The molecule has 0 bridgehead atoms. The molecule has 2 aliphatic carbocycles. The van der Waals surface area contributed by atoms with Crippen LogP contribution in [0.3, 0.4) is 0 Å². The molecule has 1 saturated carbocycles. The van der Waals surface area contributed by atoms with Crippen LogP contribution in [0.15, 0.2) is 11.3 Å². The van der Waals surface area contributed by atoms with Crippen molar-refractivity contribution in [3.63, 3.8) is 0 Å². The number of Topliss-reactive ketones (excluding diaryl/α,β-unsaturated/α-hetero) is 1. The number of carbonyl (C=O) groups is 2. The summed E-state index contributed by atoms with van der Waals surface area (Å²) in [4.78, 5) is 24.2. The largest absolute Gasteiger partial charge is 0.510 e. The number of aliphatic hydroxyl groups is 1. The van der Waals surface area contributed by atoms with E-state index in [-0.39, 0.29) is 29.8 Å². The molecule has 0 heterocycles. The van der Waals surface area contributed by atoms with E-state index in [0.29, 0.717) is 12.8 Å². The van der Waals surface area contributed by atoms with E-state index in [4.69, 9.17) is 10.00 Å². The van der Waals surface area contributed by atoms with Crippen molar-refractivity contribution >= 4 is 11.8 Å². The molecule has 3 atom stereocenters. The lowest BCUT2D eigenvalue weighted by Crippen LogP contribution is -2.43. The van der Waals surface area contributed by atoms with Gasteiger partial charge in [-0.25, -0.2) is 0 Å². The highest BCUT2D eigenvalue weighted by Gasteiger charge is 2.48. The number of hydrogen-bond donors (Lipinski definition) is 1. The minimum atomic E-state index is -0.921. The predicted molar refractivity (Wildman–Crippen MR) is 65.8 cm³/mol. The summed E-state index contributed by atoms with van der Waals surface area (Å²) in [5, 5.41) is 19.1. The van der Waals surface area contributed by atoms with E-state index in [1.165, 1.54) is 0 Å². The van der Waals surface area contributed by atoms with Gasteiger partial charge in [-0.1, -0.05) is 12.8 Å². The molecule has 5 heteroatoms. The summed E-state index contributed by atoms with van der Waals surface area (Å²) in [6, 6.07) is 1.74. The fourth-order valence-electron chi connectivity index (χ4n) is 3.19. The highest BCUT2D eigenvalue weighted by Crippen LogP contribution is 2.44. The van der Waals surface area contributed by atoms with Gasteiger partial charge in [0.15, 0.2) is 5.78 Å². The second kappa shape index (κ2) is 5.43. The molecule has 0 saturated heterocycles. The minimum Gasteiger partial charge on any atom is -0.510 e. The van der Waals surface area contributed by atoms with Crippen LogP contribution >= 0.6 is 0 Å². The number of ether oxygens (including phenoxy) is 1. The number of aliphatic hydroxyl groups excluding tert-OH is 1. The van der Waals surface area contributed by atoms with Crippen LogP contribution in [-0.2, 0) is 14.3 Å². The summed E-state index contributed by atoms with van der Waals surface area (Å²) in [6.07, 6.45) is 3.29. The van der Waals surface area contributed by atoms with Crippen LogP contribution in [0.1, 0.15) is 32.6 Å². The number of esters is 1. The Balaban J connectivity index is 2.41. The molecule has 2 rings (SSSR count). The number of carbonyl (C=O) groups excluding carboxylic acids is 2. The zero-order valence-corrected chi connectivity index (χ0v) is 10.9. The third-order valence-corrected chi connectivity index (χ3v) is 4.04. The molecule has 0 aliphatic heterocycles. The first-order valence-corrected chi connectivity index (χ1v) is 6.65. The van der Waals surface area contributed by atoms with Crippen LogP contribution in [-0.4, -0.2) is 23.5 Å². The highest BCUT2D eigenvalue weighted by molar-refractivity contribution is 6.11. The minimum absolute atomic E-state index is 0.127. The first-order valence-electron chi connectivity index (χ1n) is 6.65. The lowest BCUT2D eigenvalue weighted by molar-refractivity contribution is -0.155. The average Bonchev–Trinajstić information content (AvgIpc) is 2.40. The first kappa shape index (κ1) is 13.6. The van der Waals surface area contributed by atoms with Gasteiger partial charge in [-0.15, -0.1) is 0 Å². The smallest absolute Gasteiger partial charge is 0.317 e. The van der Waals surface area contributed by atoms with Gasteiger partial charge in [-0.3, -0.25) is 9.59 Å². The summed E-state index contributed by atoms with van der Waals surface area (Å²) >= 11 is 0. The highest BCUT2D eigenvalue weighted by atomic mass is 16.5. The Morgan fingerprint density at radius 3 is 2.79 bits per heavy atom. The SMILES string of the molecule is CCOC(=O)[C@@H]1C(=O)C(C#N)=C(O)[C@H]2CCCC[C@H]12. The molecule has 0 radical (unpaired) electrons. The van der Waals surface area contributed by atoms with Crippen molar-refractivity contribution in [1.29, 1.82) is 5.26 Å². The van der Waals surface area contributed by atoms with Gasteiger partial charge in [0.1, 0.15) is 23.3 Å². The van der Waals surface area contributed by atoms with E-state index >= 15 is 0 Å². The van der Waals surface area contributed by atoms with Gasteiger partial charge in [-0.2, -0.15) is 5.26 Å². The molecule has 5 nitrogen and oxygen atoms in total. The van der Waals surface area contributed by atoms with E-state index in [1.54, 1.807) is 13.0 Å². The topological polar surface area (TPSA) is 87.4 Å². The summed E-state index contributed by atoms with van der Waals surface area (Å²) in [5.74, 6) is -2.67. The zero-order chi connectivity index (χ0) is 14.0. The Kier molecular flexibility index (Phi) is 3.89. The second-order valence-corrected chi connectivity index (χ2v) is 5.02. The van der Waals surface area contributed by atoms with Crippen molar-refractivity contribution in [3.05, 3.63) is 11.3 Å². The fraction of sp³-hybridized carbons (Fsp3) is 0.643. The van der Waals surface area contributed by atoms with Gasteiger partial charge in [0.2, 0.25) is 0 Å². The molecule has 2 aliphatic rings. The number of fused-ring (bicyclic) bond motifs is 1. The Bertz CT molecular complexity index is 474. The monoisotopic (exact) mass is 263 g/mol. The molecule has 0 aromatic heterocycles. The summed E-state index contributed by atoms with van der Waals surface area (Å²) in [5.41, 5.74) is -0.263. The van der Waals surface area contributed by atoms with Crippen LogP contribution in [0.5, 0.6) is 0 Å². The van der Waals surface area contributed by atoms with Gasteiger partial charge in [-0.05, 0) is 25.7 Å². The number of nitriles is 1. The van der Waals surface area contributed by atoms with E-state index in [1.807, 2.05) is 0 Å². The lowest BCUT2D eigenvalue weighted by atomic mass is 9.65. The Labute approximate surface area is 111 Å². The summed E-state index contributed by atoms with van der Waals surface area (Å²) in [6.45, 7) is 1.89. The molecule has 1 N–H and O–H groups in total. The van der Waals surface area contributed by atoms with Crippen LogP contribution in [0.25, 0.3) is 0 Å². The molecule has 0 spiro atoms. The van der Waals surface area contributed by atoms with Gasteiger partial charge >= 0.3 is 5.97 Å². The third-order valence-electron chi connectivity index (χ3n) is 4.04. The Hall–Kier alpha value is -1.83. The van der Waals surface area contributed by atoms with Crippen molar-refractivity contribution in [2.75, 3.05) is 6.61 Å². The molecule has 1 fully saturated rings. The van der Waals surface area contributed by atoms with E-state index < -0.39 is 17.7 Å². The van der Waals surface area contributed by atoms with Gasteiger partial charge < -0.3 is 9.84 Å². The van der Waals surface area contributed by atoms with Gasteiger partial charge in [0.25, 0.3) is 0 Å². The number of ketones is 1. The van der Waals surface area contributed by atoms with Crippen molar-refractivity contribution in [1.82, 2.24) is 0 Å². The fourth-order valence-corrected chi connectivity index (χ4v) is 3.19. The summed E-state index contributed by atoms with van der Waals surface area (Å²) in [7, 11) is 0. The average molecular weight is 263 g/mol. The number of nitrogens with zero attached hydrogens (tertiary/aromatic N) is 1. The van der Waals surface area contributed by atoms with Crippen LogP contribution in [0.4, 0.5) is 0 Å². The first-order chi connectivity index (χ1) is 9.11. The maximum atomic E-state index is 12.2. The molecular weight excluding hydrogens is 246 g/mol. The van der Waals surface area contributed by atoms with Gasteiger partial charge in [0, 0.05) is 5.92 Å². The Morgan fingerprint density at radius 2 is 2.16 bits per heavy atom. The number of hydrogen-bond acceptors (Lipinski definition) is 5. The normalized spacial score (nSPS) is 30.5. The Morgan fingerprint density at radius 1 is 1.47 bits per heavy atom. The van der Waals surface area contributed by atoms with Crippen molar-refractivity contribution in [3.8, 4) is 6.07 Å². The maximum Gasteiger partial charge on any atom is 0.317 e. The van der Waals surface area contributed by atoms with E-state index in [2.05, 4.69) is 0 Å². The standard InChI is InChI=1S/C14H17NO4/c1-2-19-14(18)11-8-5-3-4-6-9(8)12(16)10(7-15)13(11)17/h8-9,11,16H,2-6H2,1H3/t8-,9-,11-/m0/s1. The molecule has 0 aromatic carbocycles. The van der Waals surface area contributed by atoms with Crippen LogP contribution in [0.2, 0.25) is 0 Å². The summed E-state index contributed by atoms with van der Waals surface area (Å²) < 4.78 is 4.96. The van der Waals surface area contributed by atoms with Crippen molar-refractivity contribution in [2.24, 2.45) is 17.8 Å². The predicted octanol–water partition coefficient (Wildman–Crippen LogP) is 1.89. The third kappa shape index (κ3) is 2.23. The molecular formula is C14H17NO4. The maximum absolute atomic E-state index is 12.2. The molecule has 0 aromatic rings. The lowest BCUT2D eigenvalue weighted by Gasteiger charge is -2.38.